The number of rotatable bonds is 7. The van der Waals surface area contributed by atoms with Gasteiger partial charge in [0.15, 0.2) is 11.5 Å². The van der Waals surface area contributed by atoms with Crippen molar-refractivity contribution in [1.29, 1.82) is 0 Å². The molecule has 6 heteroatoms. The molecule has 0 bridgehead atoms. The molecule has 0 spiro atoms. The van der Waals surface area contributed by atoms with E-state index in [1.165, 1.54) is 0 Å². The standard InChI is InChI=1S/C21H19ClN2O3/c1-26-20-12-17(21(25)24-13-15-8-10-23-11-9-15)4-7-19(20)27-14-16-2-5-18(22)6-3-16/h2-12H,13-14H2,1H3,(H,24,25). The van der Waals surface area contributed by atoms with Crippen LogP contribution >= 0.6 is 11.6 Å². The van der Waals surface area contributed by atoms with Crippen LogP contribution < -0.4 is 14.8 Å². The number of halogens is 1. The van der Waals surface area contributed by atoms with E-state index in [0.717, 1.165) is 11.1 Å². The Bertz CT molecular complexity index is 899. The Kier molecular flexibility index (Phi) is 6.28. The van der Waals surface area contributed by atoms with Crippen LogP contribution in [0.25, 0.3) is 0 Å². The zero-order chi connectivity index (χ0) is 19.1. The van der Waals surface area contributed by atoms with E-state index in [9.17, 15) is 4.79 Å². The number of ether oxygens (including phenoxy) is 2. The van der Waals surface area contributed by atoms with Crippen molar-refractivity contribution in [2.75, 3.05) is 7.11 Å². The van der Waals surface area contributed by atoms with Crippen molar-refractivity contribution in [3.05, 3.63) is 88.7 Å². The second-order valence-corrected chi connectivity index (χ2v) is 6.26. The van der Waals surface area contributed by atoms with Crippen LogP contribution in [0.3, 0.4) is 0 Å². The minimum Gasteiger partial charge on any atom is -0.493 e. The van der Waals surface area contributed by atoms with Crippen molar-refractivity contribution in [3.8, 4) is 11.5 Å². The third kappa shape index (κ3) is 5.21. The summed E-state index contributed by atoms with van der Waals surface area (Å²) in [7, 11) is 1.54. The number of carbonyl (C=O) groups is 1. The summed E-state index contributed by atoms with van der Waals surface area (Å²) in [6.07, 6.45) is 3.38. The lowest BCUT2D eigenvalue weighted by Crippen LogP contribution is -2.22. The van der Waals surface area contributed by atoms with E-state index in [4.69, 9.17) is 21.1 Å². The average molecular weight is 383 g/mol. The molecule has 1 heterocycles. The molecular weight excluding hydrogens is 364 g/mol. The summed E-state index contributed by atoms with van der Waals surface area (Å²) in [5, 5.41) is 3.55. The summed E-state index contributed by atoms with van der Waals surface area (Å²) in [5.41, 5.74) is 2.47. The molecule has 0 saturated carbocycles. The van der Waals surface area contributed by atoms with Crippen LogP contribution in [0.1, 0.15) is 21.5 Å². The number of methoxy groups -OCH3 is 1. The minimum atomic E-state index is -0.186. The smallest absolute Gasteiger partial charge is 0.251 e. The number of aromatic nitrogens is 1. The first-order valence-electron chi connectivity index (χ1n) is 8.38. The highest BCUT2D eigenvalue weighted by molar-refractivity contribution is 6.30. The number of amides is 1. The molecule has 1 N–H and O–H groups in total. The Balaban J connectivity index is 1.64. The maximum atomic E-state index is 12.4. The second kappa shape index (κ2) is 9.05. The molecule has 1 aromatic heterocycles. The van der Waals surface area contributed by atoms with Crippen LogP contribution in [-0.4, -0.2) is 18.0 Å². The first-order valence-corrected chi connectivity index (χ1v) is 8.76. The summed E-state index contributed by atoms with van der Waals surface area (Å²) in [4.78, 5) is 16.3. The molecule has 0 fully saturated rings. The fraction of sp³-hybridized carbons (Fsp3) is 0.143. The van der Waals surface area contributed by atoms with Gasteiger partial charge in [-0.1, -0.05) is 23.7 Å². The molecular formula is C21H19ClN2O3. The molecule has 1 amide bonds. The van der Waals surface area contributed by atoms with E-state index in [1.54, 1.807) is 37.7 Å². The first-order chi connectivity index (χ1) is 13.2. The van der Waals surface area contributed by atoms with Crippen LogP contribution in [0.5, 0.6) is 11.5 Å². The molecule has 0 aliphatic carbocycles. The molecule has 3 aromatic rings. The number of nitrogens with one attached hydrogen (secondary N) is 1. The summed E-state index contributed by atoms with van der Waals surface area (Å²) in [6, 6.07) is 16.2. The lowest BCUT2D eigenvalue weighted by molar-refractivity contribution is 0.0950. The van der Waals surface area contributed by atoms with Crippen molar-refractivity contribution in [1.82, 2.24) is 10.3 Å². The van der Waals surface area contributed by atoms with Gasteiger partial charge in [-0.05, 0) is 53.6 Å². The molecule has 27 heavy (non-hydrogen) atoms. The predicted molar refractivity (Wildman–Crippen MR) is 104 cm³/mol. The monoisotopic (exact) mass is 382 g/mol. The summed E-state index contributed by atoms with van der Waals surface area (Å²) < 4.78 is 11.2. The zero-order valence-corrected chi connectivity index (χ0v) is 15.6. The zero-order valence-electron chi connectivity index (χ0n) is 14.8. The van der Waals surface area contributed by atoms with Gasteiger partial charge in [0.05, 0.1) is 7.11 Å². The van der Waals surface area contributed by atoms with Gasteiger partial charge in [0.1, 0.15) is 6.61 Å². The molecule has 3 rings (SSSR count). The van der Waals surface area contributed by atoms with Crippen LogP contribution in [0.4, 0.5) is 0 Å². The summed E-state index contributed by atoms with van der Waals surface area (Å²) >= 11 is 5.89. The van der Waals surface area contributed by atoms with Gasteiger partial charge in [0, 0.05) is 29.5 Å². The molecule has 0 aliphatic rings. The lowest BCUT2D eigenvalue weighted by Gasteiger charge is -2.12. The van der Waals surface area contributed by atoms with Gasteiger partial charge in [-0.2, -0.15) is 0 Å². The Morgan fingerprint density at radius 1 is 1.00 bits per heavy atom. The number of nitrogens with zero attached hydrogens (tertiary/aromatic N) is 1. The quantitative estimate of drug-likeness (QED) is 0.663. The van der Waals surface area contributed by atoms with Crippen molar-refractivity contribution in [2.24, 2.45) is 0 Å². The lowest BCUT2D eigenvalue weighted by atomic mass is 10.1. The average Bonchev–Trinajstić information content (AvgIpc) is 2.72. The normalized spacial score (nSPS) is 10.3. The Hall–Kier alpha value is -3.05. The maximum absolute atomic E-state index is 12.4. The predicted octanol–water partition coefficient (Wildman–Crippen LogP) is 4.25. The van der Waals surface area contributed by atoms with Gasteiger partial charge in [-0.3, -0.25) is 9.78 Å². The Morgan fingerprint density at radius 2 is 1.74 bits per heavy atom. The van der Waals surface area contributed by atoms with Crippen molar-refractivity contribution in [3.63, 3.8) is 0 Å². The van der Waals surface area contributed by atoms with Crippen LogP contribution in [-0.2, 0) is 13.2 Å². The SMILES string of the molecule is COc1cc(C(=O)NCc2ccncc2)ccc1OCc1ccc(Cl)cc1. The fourth-order valence-corrected chi connectivity index (χ4v) is 2.58. The highest BCUT2D eigenvalue weighted by atomic mass is 35.5. The van der Waals surface area contributed by atoms with Gasteiger partial charge in [0.25, 0.3) is 5.91 Å². The Labute approximate surface area is 162 Å². The van der Waals surface area contributed by atoms with E-state index < -0.39 is 0 Å². The van der Waals surface area contributed by atoms with Crippen LogP contribution in [0, 0.1) is 0 Å². The minimum absolute atomic E-state index is 0.186. The number of hydrogen-bond donors (Lipinski definition) is 1. The highest BCUT2D eigenvalue weighted by Gasteiger charge is 2.11. The maximum Gasteiger partial charge on any atom is 0.251 e. The van der Waals surface area contributed by atoms with E-state index in [0.29, 0.717) is 35.2 Å². The molecule has 5 nitrogen and oxygen atoms in total. The molecule has 2 aromatic carbocycles. The molecule has 0 atom stereocenters. The van der Waals surface area contributed by atoms with Gasteiger partial charge < -0.3 is 14.8 Å². The van der Waals surface area contributed by atoms with Crippen molar-refractivity contribution < 1.29 is 14.3 Å². The van der Waals surface area contributed by atoms with E-state index in [1.807, 2.05) is 36.4 Å². The van der Waals surface area contributed by atoms with E-state index >= 15 is 0 Å². The van der Waals surface area contributed by atoms with E-state index in [2.05, 4.69) is 10.3 Å². The first kappa shape index (κ1) is 18.7. The summed E-state index contributed by atoms with van der Waals surface area (Å²) in [5.74, 6) is 0.882. The second-order valence-electron chi connectivity index (χ2n) is 5.82. The number of carbonyl (C=O) groups excluding carboxylic acids is 1. The molecule has 0 unspecified atom stereocenters. The number of pyridine rings is 1. The van der Waals surface area contributed by atoms with Gasteiger partial charge in [-0.15, -0.1) is 0 Å². The highest BCUT2D eigenvalue weighted by Crippen LogP contribution is 2.29. The van der Waals surface area contributed by atoms with Gasteiger partial charge >= 0.3 is 0 Å². The van der Waals surface area contributed by atoms with Crippen molar-refractivity contribution in [2.45, 2.75) is 13.2 Å². The molecule has 138 valence electrons. The van der Waals surface area contributed by atoms with Crippen LogP contribution in [0.15, 0.2) is 67.0 Å². The molecule has 0 saturated heterocycles. The van der Waals surface area contributed by atoms with Crippen molar-refractivity contribution >= 4 is 17.5 Å². The van der Waals surface area contributed by atoms with Gasteiger partial charge in [0.2, 0.25) is 0 Å². The number of hydrogen-bond acceptors (Lipinski definition) is 4. The molecule has 0 aliphatic heterocycles. The summed E-state index contributed by atoms with van der Waals surface area (Å²) in [6.45, 7) is 0.805. The number of benzene rings is 2. The third-order valence-electron chi connectivity index (χ3n) is 3.94. The molecule has 0 radical (unpaired) electrons. The topological polar surface area (TPSA) is 60.5 Å². The van der Waals surface area contributed by atoms with Gasteiger partial charge in [-0.25, -0.2) is 0 Å². The van der Waals surface area contributed by atoms with E-state index in [-0.39, 0.29) is 5.91 Å². The third-order valence-corrected chi connectivity index (χ3v) is 4.19. The fourth-order valence-electron chi connectivity index (χ4n) is 2.45. The van der Waals surface area contributed by atoms with Crippen LogP contribution in [0.2, 0.25) is 5.02 Å². The largest absolute Gasteiger partial charge is 0.493 e. The Morgan fingerprint density at radius 3 is 2.44 bits per heavy atom.